The Balaban J connectivity index is 2.37. The summed E-state index contributed by atoms with van der Waals surface area (Å²) in [7, 11) is 0. The minimum Gasteiger partial charge on any atom is -0.480 e. The largest absolute Gasteiger partial charge is 0.480 e. The molecular weight excluding hydrogens is 148 g/mol. The van der Waals surface area contributed by atoms with Gasteiger partial charge in [0.2, 0.25) is 5.91 Å². The van der Waals surface area contributed by atoms with Gasteiger partial charge in [0.1, 0.15) is 0 Å². The van der Waals surface area contributed by atoms with Crippen LogP contribution in [0.25, 0.3) is 0 Å². The van der Waals surface area contributed by atoms with E-state index in [9.17, 15) is 9.59 Å². The van der Waals surface area contributed by atoms with Crippen LogP contribution in [0, 0.1) is 0 Å². The second kappa shape index (κ2) is 2.87. The predicted octanol–water partition coefficient (Wildman–Crippen LogP) is -1.37. The van der Waals surface area contributed by atoms with Crippen LogP contribution in [0.5, 0.6) is 0 Å². The zero-order valence-electron chi connectivity index (χ0n) is 5.99. The fourth-order valence-corrected chi connectivity index (χ4v) is 1.13. The molecule has 0 spiro atoms. The van der Waals surface area contributed by atoms with Crippen LogP contribution >= 0.6 is 0 Å². The minimum atomic E-state index is -0.920. The molecule has 0 saturated carbocycles. The summed E-state index contributed by atoms with van der Waals surface area (Å²) in [6, 6.07) is -0.355. The molecule has 0 bridgehead atoms. The smallest absolute Gasteiger partial charge is 0.317 e. The van der Waals surface area contributed by atoms with Crippen molar-refractivity contribution in [3.8, 4) is 0 Å². The average molecular weight is 158 g/mol. The number of carbonyl (C=O) groups excluding carboxylic acids is 1. The van der Waals surface area contributed by atoms with E-state index < -0.39 is 11.9 Å². The summed E-state index contributed by atoms with van der Waals surface area (Å²) >= 11 is 0. The van der Waals surface area contributed by atoms with Crippen molar-refractivity contribution in [1.29, 1.82) is 0 Å². The lowest BCUT2D eigenvalue weighted by atomic mass is 10.0. The highest BCUT2D eigenvalue weighted by Crippen LogP contribution is 2.15. The first-order valence-corrected chi connectivity index (χ1v) is 3.36. The molecular formula is C6H10N2O3. The summed E-state index contributed by atoms with van der Waals surface area (Å²) in [5, 5.41) is 8.35. The number of hydrogen-bond donors (Lipinski definition) is 2. The molecule has 3 N–H and O–H groups in total. The van der Waals surface area contributed by atoms with E-state index in [1.54, 1.807) is 4.90 Å². The zero-order valence-corrected chi connectivity index (χ0v) is 5.99. The molecule has 1 saturated heterocycles. The van der Waals surface area contributed by atoms with Crippen LogP contribution in [-0.2, 0) is 9.59 Å². The second-order valence-corrected chi connectivity index (χ2v) is 2.57. The molecule has 1 atom stereocenters. The number of carbonyl (C=O) groups is 2. The molecule has 1 aliphatic heterocycles. The van der Waals surface area contributed by atoms with Crippen LogP contribution in [0.2, 0.25) is 0 Å². The first-order valence-electron chi connectivity index (χ1n) is 3.36. The average Bonchev–Trinajstić information content (AvgIpc) is 1.78. The van der Waals surface area contributed by atoms with Crippen LogP contribution < -0.4 is 5.73 Å². The maximum absolute atomic E-state index is 10.6. The Bertz CT molecular complexity index is 192. The van der Waals surface area contributed by atoms with Gasteiger partial charge < -0.3 is 10.8 Å². The van der Waals surface area contributed by atoms with Crippen molar-refractivity contribution in [3.63, 3.8) is 0 Å². The normalized spacial score (nSPS) is 24.2. The number of carboxylic acid groups (broad SMARTS) is 1. The van der Waals surface area contributed by atoms with Crippen LogP contribution in [0.1, 0.15) is 6.42 Å². The van der Waals surface area contributed by atoms with Crippen molar-refractivity contribution < 1.29 is 14.7 Å². The summed E-state index contributed by atoms with van der Waals surface area (Å²) in [5.41, 5.74) is 4.99. The van der Waals surface area contributed by atoms with Gasteiger partial charge in [-0.3, -0.25) is 14.5 Å². The summed E-state index contributed by atoms with van der Waals surface area (Å²) in [6.07, 6.45) is 0.683. The summed E-state index contributed by atoms with van der Waals surface area (Å²) in [5.74, 6) is -1.35. The molecule has 0 aromatic rings. The lowest BCUT2D eigenvalue weighted by Gasteiger charge is -2.37. The maximum Gasteiger partial charge on any atom is 0.317 e. The number of amides is 1. The number of aliphatic carboxylic acids is 1. The first-order chi connectivity index (χ1) is 5.11. The summed E-state index contributed by atoms with van der Waals surface area (Å²) < 4.78 is 0. The van der Waals surface area contributed by atoms with Crippen molar-refractivity contribution in [2.45, 2.75) is 12.5 Å². The quantitative estimate of drug-likeness (QED) is 0.530. The topological polar surface area (TPSA) is 83.6 Å². The molecule has 0 aromatic carbocycles. The van der Waals surface area contributed by atoms with Gasteiger partial charge in [0.25, 0.3) is 0 Å². The number of hydrogen-bond acceptors (Lipinski definition) is 3. The van der Waals surface area contributed by atoms with E-state index in [1.807, 2.05) is 0 Å². The molecule has 1 rings (SSSR count). The van der Waals surface area contributed by atoms with Crippen molar-refractivity contribution in [2.75, 3.05) is 13.1 Å². The maximum atomic E-state index is 10.6. The zero-order chi connectivity index (χ0) is 8.43. The van der Waals surface area contributed by atoms with Gasteiger partial charge in [-0.25, -0.2) is 0 Å². The van der Waals surface area contributed by atoms with Gasteiger partial charge in [0.05, 0.1) is 12.6 Å². The van der Waals surface area contributed by atoms with E-state index in [0.29, 0.717) is 13.0 Å². The molecule has 1 unspecified atom stereocenters. The monoisotopic (exact) mass is 158 g/mol. The van der Waals surface area contributed by atoms with Crippen molar-refractivity contribution >= 4 is 11.9 Å². The molecule has 1 heterocycles. The van der Waals surface area contributed by atoms with Gasteiger partial charge in [-0.05, 0) is 6.42 Å². The van der Waals surface area contributed by atoms with Crippen molar-refractivity contribution in [1.82, 2.24) is 4.90 Å². The Morgan fingerprint density at radius 3 is 2.55 bits per heavy atom. The van der Waals surface area contributed by atoms with E-state index in [0.717, 1.165) is 0 Å². The Morgan fingerprint density at radius 2 is 2.27 bits per heavy atom. The Morgan fingerprint density at radius 1 is 1.64 bits per heavy atom. The first kappa shape index (κ1) is 8.00. The number of carboxylic acids is 1. The van der Waals surface area contributed by atoms with E-state index in [-0.39, 0.29) is 12.6 Å². The van der Waals surface area contributed by atoms with Crippen LogP contribution in [0.4, 0.5) is 0 Å². The minimum absolute atomic E-state index is 0.0897. The summed E-state index contributed by atoms with van der Waals surface area (Å²) in [6.45, 7) is 0.563. The van der Waals surface area contributed by atoms with Crippen molar-refractivity contribution in [3.05, 3.63) is 0 Å². The number of nitrogens with zero attached hydrogens (tertiary/aromatic N) is 1. The molecule has 1 amide bonds. The third-order valence-electron chi connectivity index (χ3n) is 1.80. The highest BCUT2D eigenvalue weighted by Gasteiger charge is 2.33. The molecule has 1 fully saturated rings. The number of primary amides is 1. The highest BCUT2D eigenvalue weighted by atomic mass is 16.4. The molecule has 5 heteroatoms. The van der Waals surface area contributed by atoms with Crippen LogP contribution in [0.15, 0.2) is 0 Å². The van der Waals surface area contributed by atoms with E-state index in [2.05, 4.69) is 0 Å². The van der Waals surface area contributed by atoms with Crippen molar-refractivity contribution in [2.24, 2.45) is 5.73 Å². The van der Waals surface area contributed by atoms with Gasteiger partial charge in [-0.2, -0.15) is 0 Å². The molecule has 11 heavy (non-hydrogen) atoms. The molecule has 0 aromatic heterocycles. The third-order valence-corrected chi connectivity index (χ3v) is 1.80. The standard InChI is InChI=1S/C6H10N2O3/c7-6(11)4-1-2-8(4)3-5(9)10/h4H,1-3H2,(H2,7,11)(H,9,10). The Hall–Kier alpha value is -1.10. The third kappa shape index (κ3) is 1.68. The second-order valence-electron chi connectivity index (χ2n) is 2.57. The van der Waals surface area contributed by atoms with E-state index in [1.165, 1.54) is 0 Å². The summed E-state index contributed by atoms with van der Waals surface area (Å²) in [4.78, 5) is 22.3. The lowest BCUT2D eigenvalue weighted by Crippen LogP contribution is -2.56. The predicted molar refractivity (Wildman–Crippen MR) is 36.8 cm³/mol. The molecule has 5 nitrogen and oxygen atoms in total. The fourth-order valence-electron chi connectivity index (χ4n) is 1.13. The number of nitrogens with two attached hydrogens (primary N) is 1. The number of likely N-dealkylation sites (tertiary alicyclic amines) is 1. The fraction of sp³-hybridized carbons (Fsp3) is 0.667. The SMILES string of the molecule is NC(=O)C1CCN1CC(=O)O. The number of rotatable bonds is 3. The van der Waals surface area contributed by atoms with Gasteiger partial charge >= 0.3 is 5.97 Å². The van der Waals surface area contributed by atoms with Gasteiger partial charge in [0.15, 0.2) is 0 Å². The van der Waals surface area contributed by atoms with Gasteiger partial charge in [0, 0.05) is 6.54 Å². The molecule has 0 aliphatic carbocycles. The lowest BCUT2D eigenvalue weighted by molar-refractivity contribution is -0.142. The molecule has 1 aliphatic rings. The van der Waals surface area contributed by atoms with E-state index in [4.69, 9.17) is 10.8 Å². The highest BCUT2D eigenvalue weighted by molar-refractivity contribution is 5.81. The molecule has 62 valence electrons. The van der Waals surface area contributed by atoms with Gasteiger partial charge in [-0.1, -0.05) is 0 Å². The Kier molecular flexibility index (Phi) is 2.09. The van der Waals surface area contributed by atoms with E-state index >= 15 is 0 Å². The van der Waals surface area contributed by atoms with Crippen LogP contribution in [0.3, 0.4) is 0 Å². The molecule has 0 radical (unpaired) electrons. The van der Waals surface area contributed by atoms with Gasteiger partial charge in [-0.15, -0.1) is 0 Å². The Labute approximate surface area is 63.8 Å². The van der Waals surface area contributed by atoms with Crippen LogP contribution in [-0.4, -0.2) is 41.0 Å².